The van der Waals surface area contributed by atoms with E-state index in [1.807, 2.05) is 23.1 Å². The molecule has 8 heteroatoms. The maximum atomic E-state index is 13.9. The minimum Gasteiger partial charge on any atom is -0.365 e. The van der Waals surface area contributed by atoms with Gasteiger partial charge in [0.2, 0.25) is 0 Å². The van der Waals surface area contributed by atoms with Gasteiger partial charge in [0.1, 0.15) is 0 Å². The van der Waals surface area contributed by atoms with Crippen LogP contribution in [0.2, 0.25) is 5.02 Å². The van der Waals surface area contributed by atoms with E-state index in [1.54, 1.807) is 53.4 Å². The van der Waals surface area contributed by atoms with E-state index in [-0.39, 0.29) is 24.4 Å². The summed E-state index contributed by atoms with van der Waals surface area (Å²) >= 11 is 6.25. The summed E-state index contributed by atoms with van der Waals surface area (Å²) in [7, 11) is -1.59. The smallest absolute Gasteiger partial charge is 0.259 e. The van der Waals surface area contributed by atoms with Gasteiger partial charge in [-0.05, 0) is 79.6 Å². The van der Waals surface area contributed by atoms with E-state index in [4.69, 9.17) is 11.6 Å². The Morgan fingerprint density at radius 1 is 0.927 bits per heavy atom. The van der Waals surface area contributed by atoms with E-state index >= 15 is 0 Å². The molecule has 0 aromatic heterocycles. The first-order valence-electron chi connectivity index (χ1n) is 13.6. The van der Waals surface area contributed by atoms with E-state index in [9.17, 15) is 13.8 Å². The maximum absolute atomic E-state index is 13.9. The summed E-state index contributed by atoms with van der Waals surface area (Å²) in [5, 5.41) is 0.567. The van der Waals surface area contributed by atoms with E-state index in [0.29, 0.717) is 44.7 Å². The van der Waals surface area contributed by atoms with E-state index in [0.717, 1.165) is 17.8 Å². The number of piperazine rings is 1. The molecule has 0 aliphatic carbocycles. The summed E-state index contributed by atoms with van der Waals surface area (Å²) in [6, 6.07) is 28.1. The van der Waals surface area contributed by atoms with Crippen molar-refractivity contribution < 1.29 is 13.8 Å². The highest BCUT2D eigenvalue weighted by Gasteiger charge is 2.33. The fourth-order valence-electron chi connectivity index (χ4n) is 5.69. The fourth-order valence-corrected chi connectivity index (χ4v) is 7.24. The Bertz CT molecular complexity index is 1690. The highest BCUT2D eigenvalue weighted by molar-refractivity contribution is 7.85. The molecular formula is C33H30ClN3O3S. The molecule has 0 radical (unpaired) electrons. The average molecular weight is 584 g/mol. The van der Waals surface area contributed by atoms with Gasteiger partial charge in [-0.3, -0.25) is 9.59 Å². The van der Waals surface area contributed by atoms with Gasteiger partial charge in [-0.25, -0.2) is 4.21 Å². The summed E-state index contributed by atoms with van der Waals surface area (Å²) in [5.41, 5.74) is 4.52. The van der Waals surface area contributed by atoms with Gasteiger partial charge in [0.25, 0.3) is 11.8 Å². The summed E-state index contributed by atoms with van der Waals surface area (Å²) in [5.74, 6) is -0.371. The van der Waals surface area contributed by atoms with Crippen molar-refractivity contribution in [2.45, 2.75) is 36.2 Å². The molecule has 2 aliphatic rings. The van der Waals surface area contributed by atoms with Crippen molar-refractivity contribution in [2.24, 2.45) is 0 Å². The van der Waals surface area contributed by atoms with Crippen LogP contribution in [0.5, 0.6) is 0 Å². The molecule has 2 amide bonds. The van der Waals surface area contributed by atoms with Gasteiger partial charge < -0.3 is 14.7 Å². The Labute approximate surface area is 247 Å². The Morgan fingerprint density at radius 3 is 2.51 bits per heavy atom. The molecule has 4 aromatic rings. The van der Waals surface area contributed by atoms with Crippen molar-refractivity contribution in [1.29, 1.82) is 0 Å². The number of aryl methyl sites for hydroxylation is 1. The zero-order chi connectivity index (χ0) is 28.7. The van der Waals surface area contributed by atoms with Crippen molar-refractivity contribution in [1.82, 2.24) is 4.90 Å². The number of benzene rings is 4. The third-order valence-corrected chi connectivity index (χ3v) is 9.47. The van der Waals surface area contributed by atoms with Gasteiger partial charge in [-0.15, -0.1) is 0 Å². The second kappa shape index (κ2) is 11.1. The fraction of sp³-hybridized carbons (Fsp3) is 0.212. The number of amides is 2. The summed E-state index contributed by atoms with van der Waals surface area (Å²) in [6.07, 6.45) is 0. The number of hydrogen-bond donors (Lipinski definition) is 0. The highest BCUT2D eigenvalue weighted by Crippen LogP contribution is 2.36. The lowest BCUT2D eigenvalue weighted by Gasteiger charge is -2.41. The zero-order valence-corrected chi connectivity index (χ0v) is 24.5. The quantitative estimate of drug-likeness (QED) is 0.282. The van der Waals surface area contributed by atoms with Crippen LogP contribution in [0.3, 0.4) is 0 Å². The summed E-state index contributed by atoms with van der Waals surface area (Å²) < 4.78 is 13.8. The number of fused-ring (bicyclic) bond motifs is 2. The van der Waals surface area contributed by atoms with E-state index < -0.39 is 10.8 Å². The number of rotatable bonds is 4. The first kappa shape index (κ1) is 27.2. The van der Waals surface area contributed by atoms with Crippen LogP contribution in [0, 0.1) is 6.92 Å². The van der Waals surface area contributed by atoms with Crippen LogP contribution in [0.4, 0.5) is 11.4 Å². The minimum absolute atomic E-state index is 0.105. The molecule has 208 valence electrons. The summed E-state index contributed by atoms with van der Waals surface area (Å²) in [6.45, 7) is 6.31. The van der Waals surface area contributed by atoms with Crippen molar-refractivity contribution in [2.75, 3.05) is 29.4 Å². The molecule has 2 aliphatic heterocycles. The Kier molecular flexibility index (Phi) is 7.41. The lowest BCUT2D eigenvalue weighted by molar-refractivity contribution is 0.0726. The van der Waals surface area contributed by atoms with Crippen molar-refractivity contribution >= 4 is 45.6 Å². The largest absolute Gasteiger partial charge is 0.365 e. The monoisotopic (exact) mass is 583 g/mol. The van der Waals surface area contributed by atoms with Gasteiger partial charge in [0.05, 0.1) is 38.4 Å². The van der Waals surface area contributed by atoms with Gasteiger partial charge in [0.15, 0.2) is 0 Å². The molecule has 0 spiro atoms. The Balaban J connectivity index is 1.34. The molecule has 0 unspecified atom stereocenters. The van der Waals surface area contributed by atoms with Gasteiger partial charge >= 0.3 is 0 Å². The second-order valence-electron chi connectivity index (χ2n) is 10.6. The normalized spacial score (nSPS) is 18.5. The lowest BCUT2D eigenvalue weighted by Crippen LogP contribution is -2.53. The second-order valence-corrected chi connectivity index (χ2v) is 12.5. The minimum atomic E-state index is -1.59. The summed E-state index contributed by atoms with van der Waals surface area (Å²) in [4.78, 5) is 34.5. The van der Waals surface area contributed by atoms with E-state index in [1.165, 1.54) is 5.56 Å². The number of nitrogens with zero attached hydrogens (tertiary/aromatic N) is 3. The molecule has 1 saturated heterocycles. The van der Waals surface area contributed by atoms with Crippen LogP contribution in [0.25, 0.3) is 0 Å². The lowest BCUT2D eigenvalue weighted by atomic mass is 10.1. The predicted molar refractivity (Wildman–Crippen MR) is 163 cm³/mol. The molecule has 0 bridgehead atoms. The highest BCUT2D eigenvalue weighted by atomic mass is 35.5. The van der Waals surface area contributed by atoms with Crippen molar-refractivity contribution in [3.8, 4) is 0 Å². The topological polar surface area (TPSA) is 60.9 Å². The molecule has 0 N–H and O–H groups in total. The maximum Gasteiger partial charge on any atom is 0.259 e. The first-order valence-corrected chi connectivity index (χ1v) is 15.2. The first-order chi connectivity index (χ1) is 19.8. The van der Waals surface area contributed by atoms with Gasteiger partial charge in [-0.2, -0.15) is 0 Å². The third kappa shape index (κ3) is 5.27. The van der Waals surface area contributed by atoms with Crippen LogP contribution in [0.15, 0.2) is 101 Å². The van der Waals surface area contributed by atoms with Crippen molar-refractivity contribution in [3.05, 3.63) is 118 Å². The van der Waals surface area contributed by atoms with E-state index in [2.05, 4.69) is 43.0 Å². The molecule has 0 saturated carbocycles. The number of hydrogen-bond acceptors (Lipinski definition) is 4. The number of carbonyl (C=O) groups excluding carboxylic acids is 2. The number of carbonyl (C=O) groups is 2. The Hall–Kier alpha value is -3.94. The van der Waals surface area contributed by atoms with Crippen molar-refractivity contribution in [3.63, 3.8) is 0 Å². The average Bonchev–Trinajstić information content (AvgIpc) is 3.06. The predicted octanol–water partition coefficient (Wildman–Crippen LogP) is 6.33. The molecule has 6 rings (SSSR count). The molecule has 6 nitrogen and oxygen atoms in total. The number of halogens is 1. The van der Waals surface area contributed by atoms with Crippen LogP contribution in [-0.2, 0) is 17.3 Å². The Morgan fingerprint density at radius 2 is 1.73 bits per heavy atom. The molecule has 41 heavy (non-hydrogen) atoms. The third-order valence-electron chi connectivity index (χ3n) is 7.74. The molecule has 1 fully saturated rings. The molecule has 2 atom stereocenters. The van der Waals surface area contributed by atoms with Crippen LogP contribution in [-0.4, -0.2) is 46.6 Å². The molecular weight excluding hydrogens is 554 g/mol. The SMILES string of the molecule is Cc1cccc(N2CCN(C(=O)c3ccc4c(c3)N(Cc3cccc(Cl)c3)C(=O)c3ccccc3[S@@]4=O)C[C@H]2C)c1. The molecule has 2 heterocycles. The van der Waals surface area contributed by atoms with Crippen LogP contribution < -0.4 is 9.80 Å². The zero-order valence-electron chi connectivity index (χ0n) is 22.9. The molecule has 4 aromatic carbocycles. The van der Waals surface area contributed by atoms with Crippen LogP contribution >= 0.6 is 11.6 Å². The standard InChI is InChI=1S/C33H30ClN3O3S/c1-22-7-5-10-27(17-22)36-16-15-35(20-23(36)2)32(38)25-13-14-31-29(19-25)37(21-24-8-6-9-26(34)18-24)33(39)28-11-3-4-12-30(28)41(31)40/h3-14,17-19,23H,15-16,20-21H2,1-2H3/t23-,41+/m1/s1. The van der Waals surface area contributed by atoms with Gasteiger partial charge in [0, 0.05) is 41.9 Å². The number of anilines is 2. The van der Waals surface area contributed by atoms with Crippen LogP contribution in [0.1, 0.15) is 38.8 Å². The van der Waals surface area contributed by atoms with Gasteiger partial charge in [-0.1, -0.05) is 48.0 Å².